The van der Waals surface area contributed by atoms with Gasteiger partial charge >= 0.3 is 0 Å². The van der Waals surface area contributed by atoms with E-state index in [2.05, 4.69) is 36.0 Å². The first kappa shape index (κ1) is 12.3. The number of hydrogen-bond acceptors (Lipinski definition) is 3. The third-order valence-corrected chi connectivity index (χ3v) is 4.06. The highest BCUT2D eigenvalue weighted by molar-refractivity contribution is 4.91. The fourth-order valence-corrected chi connectivity index (χ4v) is 2.43. The van der Waals surface area contributed by atoms with E-state index in [4.69, 9.17) is 0 Å². The minimum Gasteiger partial charge on any atom is -0.311 e. The number of hydrogen-bond donors (Lipinski definition) is 1. The number of likely N-dealkylation sites (N-methyl/N-ethyl adjacent to an activating group) is 1. The third kappa shape index (κ3) is 3.44. The molecule has 1 saturated heterocycles. The molecule has 16 heavy (non-hydrogen) atoms. The van der Waals surface area contributed by atoms with Gasteiger partial charge < -0.3 is 10.2 Å². The van der Waals surface area contributed by atoms with E-state index in [0.717, 1.165) is 25.2 Å². The molecule has 94 valence electrons. The van der Waals surface area contributed by atoms with Crippen molar-refractivity contribution in [2.45, 2.75) is 51.2 Å². The van der Waals surface area contributed by atoms with Crippen molar-refractivity contribution in [3.63, 3.8) is 0 Å². The smallest absolute Gasteiger partial charge is 0.0207 e. The van der Waals surface area contributed by atoms with E-state index in [-0.39, 0.29) is 0 Å². The Morgan fingerprint density at radius 3 is 2.69 bits per heavy atom. The highest BCUT2D eigenvalue weighted by Gasteiger charge is 2.33. The topological polar surface area (TPSA) is 18.5 Å². The van der Waals surface area contributed by atoms with Crippen molar-refractivity contribution in [1.82, 2.24) is 15.1 Å². The zero-order valence-electron chi connectivity index (χ0n) is 11.1. The molecule has 2 fully saturated rings. The average Bonchev–Trinajstić information content (AvgIpc) is 2.99. The Hall–Kier alpha value is -0.120. The lowest BCUT2D eigenvalue weighted by atomic mass is 10.2. The molecule has 2 aliphatic rings. The molecule has 1 N–H and O–H groups in total. The Bertz CT molecular complexity index is 213. The van der Waals surface area contributed by atoms with Crippen molar-refractivity contribution < 1.29 is 0 Å². The molecule has 0 radical (unpaired) electrons. The quantitative estimate of drug-likeness (QED) is 0.732. The maximum Gasteiger partial charge on any atom is 0.0207 e. The third-order valence-electron chi connectivity index (χ3n) is 4.06. The van der Waals surface area contributed by atoms with Crippen LogP contribution in [0.15, 0.2) is 0 Å². The predicted molar refractivity (Wildman–Crippen MR) is 68.8 cm³/mol. The van der Waals surface area contributed by atoms with Crippen molar-refractivity contribution in [2.24, 2.45) is 0 Å². The first-order valence-corrected chi connectivity index (χ1v) is 6.84. The largest absolute Gasteiger partial charge is 0.311 e. The average molecular weight is 225 g/mol. The van der Waals surface area contributed by atoms with E-state index >= 15 is 0 Å². The molecule has 1 unspecified atom stereocenters. The normalized spacial score (nSPS) is 27.2. The molecule has 0 aromatic rings. The Morgan fingerprint density at radius 1 is 1.31 bits per heavy atom. The maximum atomic E-state index is 3.70. The summed E-state index contributed by atoms with van der Waals surface area (Å²) >= 11 is 0. The Balaban J connectivity index is 1.56. The summed E-state index contributed by atoms with van der Waals surface area (Å²) in [4.78, 5) is 5.07. The van der Waals surface area contributed by atoms with Crippen LogP contribution >= 0.6 is 0 Å². The van der Waals surface area contributed by atoms with Gasteiger partial charge in [0.1, 0.15) is 0 Å². The second-order valence-corrected chi connectivity index (χ2v) is 5.74. The van der Waals surface area contributed by atoms with Gasteiger partial charge in [0.15, 0.2) is 0 Å². The maximum absolute atomic E-state index is 3.70. The summed E-state index contributed by atoms with van der Waals surface area (Å²) in [6.45, 7) is 9.42. The van der Waals surface area contributed by atoms with Crippen LogP contribution in [0.2, 0.25) is 0 Å². The molecule has 1 saturated carbocycles. The molecule has 3 heteroatoms. The van der Waals surface area contributed by atoms with Crippen molar-refractivity contribution in [1.29, 1.82) is 0 Å². The van der Waals surface area contributed by atoms with Crippen LogP contribution in [0, 0.1) is 0 Å². The summed E-state index contributed by atoms with van der Waals surface area (Å²) in [5.74, 6) is 0. The monoisotopic (exact) mass is 225 g/mol. The Kier molecular flexibility index (Phi) is 4.22. The summed E-state index contributed by atoms with van der Waals surface area (Å²) < 4.78 is 0. The van der Waals surface area contributed by atoms with Gasteiger partial charge in [-0.25, -0.2) is 0 Å². The van der Waals surface area contributed by atoms with Crippen LogP contribution in [0.5, 0.6) is 0 Å². The molecule has 0 amide bonds. The molecule has 0 aromatic carbocycles. The van der Waals surface area contributed by atoms with Crippen molar-refractivity contribution >= 4 is 0 Å². The lowest BCUT2D eigenvalue weighted by Gasteiger charge is -2.22. The van der Waals surface area contributed by atoms with Crippen LogP contribution in [-0.4, -0.2) is 61.2 Å². The molecule has 0 bridgehead atoms. The fourth-order valence-electron chi connectivity index (χ4n) is 2.43. The molecule has 1 aliphatic carbocycles. The lowest BCUT2D eigenvalue weighted by molar-refractivity contribution is 0.266. The molecule has 0 spiro atoms. The van der Waals surface area contributed by atoms with Crippen LogP contribution in [0.1, 0.15) is 33.1 Å². The lowest BCUT2D eigenvalue weighted by Crippen LogP contribution is -2.39. The number of likely N-dealkylation sites (tertiary alicyclic amines) is 1. The van der Waals surface area contributed by atoms with Gasteiger partial charge in [-0.05, 0) is 40.2 Å². The molecule has 0 aromatic heterocycles. The highest BCUT2D eigenvalue weighted by atomic mass is 15.2. The Labute approximate surface area is 100 Å². The van der Waals surface area contributed by atoms with Gasteiger partial charge in [0.25, 0.3) is 0 Å². The van der Waals surface area contributed by atoms with Gasteiger partial charge in [0.05, 0.1) is 0 Å². The van der Waals surface area contributed by atoms with Crippen molar-refractivity contribution in [3.8, 4) is 0 Å². The second kappa shape index (κ2) is 5.48. The second-order valence-electron chi connectivity index (χ2n) is 5.74. The van der Waals surface area contributed by atoms with Gasteiger partial charge in [0.2, 0.25) is 0 Å². The first-order chi connectivity index (χ1) is 7.66. The van der Waals surface area contributed by atoms with Crippen LogP contribution < -0.4 is 5.32 Å². The molecule has 1 heterocycles. The van der Waals surface area contributed by atoms with Crippen LogP contribution in [0.25, 0.3) is 0 Å². The number of nitrogens with zero attached hydrogens (tertiary/aromatic N) is 2. The highest BCUT2D eigenvalue weighted by Crippen LogP contribution is 2.29. The van der Waals surface area contributed by atoms with Gasteiger partial charge in [0, 0.05) is 44.3 Å². The van der Waals surface area contributed by atoms with Crippen molar-refractivity contribution in [2.75, 3.05) is 33.2 Å². The first-order valence-electron chi connectivity index (χ1n) is 6.84. The van der Waals surface area contributed by atoms with Crippen LogP contribution in [-0.2, 0) is 0 Å². The van der Waals surface area contributed by atoms with Gasteiger partial charge in [-0.1, -0.05) is 0 Å². The van der Waals surface area contributed by atoms with E-state index in [1.165, 1.54) is 32.4 Å². The minimum atomic E-state index is 0.661. The zero-order chi connectivity index (χ0) is 11.5. The number of rotatable bonds is 6. The van der Waals surface area contributed by atoms with E-state index in [9.17, 15) is 0 Å². The SMILES string of the molecule is CC(C)N(C)CCNC1CCN(C2CC2)C1. The molecule has 2 rings (SSSR count). The van der Waals surface area contributed by atoms with E-state index in [1.54, 1.807) is 0 Å². The predicted octanol–water partition coefficient (Wildman–Crippen LogP) is 1.15. The summed E-state index contributed by atoms with van der Waals surface area (Å²) in [5.41, 5.74) is 0. The van der Waals surface area contributed by atoms with E-state index in [1.807, 2.05) is 0 Å². The van der Waals surface area contributed by atoms with Crippen LogP contribution in [0.4, 0.5) is 0 Å². The van der Waals surface area contributed by atoms with Crippen molar-refractivity contribution in [3.05, 3.63) is 0 Å². The fraction of sp³-hybridized carbons (Fsp3) is 1.00. The molecule has 1 aliphatic heterocycles. The molecular formula is C13H27N3. The minimum absolute atomic E-state index is 0.661. The summed E-state index contributed by atoms with van der Waals surface area (Å²) in [7, 11) is 2.21. The van der Waals surface area contributed by atoms with E-state index < -0.39 is 0 Å². The molecule has 1 atom stereocenters. The summed E-state index contributed by atoms with van der Waals surface area (Å²) in [6, 6.07) is 2.36. The zero-order valence-corrected chi connectivity index (χ0v) is 11.1. The summed E-state index contributed by atoms with van der Waals surface area (Å²) in [6.07, 6.45) is 4.24. The van der Waals surface area contributed by atoms with Gasteiger partial charge in [-0.3, -0.25) is 4.90 Å². The van der Waals surface area contributed by atoms with Crippen LogP contribution in [0.3, 0.4) is 0 Å². The number of nitrogens with one attached hydrogen (secondary N) is 1. The molecular weight excluding hydrogens is 198 g/mol. The standard InChI is InChI=1S/C13H27N3/c1-11(2)15(3)9-7-14-12-6-8-16(10-12)13-4-5-13/h11-14H,4-10H2,1-3H3. The Morgan fingerprint density at radius 2 is 2.06 bits per heavy atom. The summed E-state index contributed by atoms with van der Waals surface area (Å²) in [5, 5.41) is 3.70. The van der Waals surface area contributed by atoms with E-state index in [0.29, 0.717) is 6.04 Å². The van der Waals surface area contributed by atoms with Gasteiger partial charge in [-0.15, -0.1) is 0 Å². The molecule has 3 nitrogen and oxygen atoms in total. The van der Waals surface area contributed by atoms with Gasteiger partial charge in [-0.2, -0.15) is 0 Å².